The van der Waals surface area contributed by atoms with Gasteiger partial charge in [0.05, 0.1) is 13.2 Å². The fourth-order valence-corrected chi connectivity index (χ4v) is 2.29. The van der Waals surface area contributed by atoms with Crippen LogP contribution in [0.25, 0.3) is 0 Å². The van der Waals surface area contributed by atoms with Crippen molar-refractivity contribution in [3.05, 3.63) is 29.8 Å². The third-order valence-corrected chi connectivity index (χ3v) is 3.28. The van der Waals surface area contributed by atoms with E-state index < -0.39 is 11.6 Å². The van der Waals surface area contributed by atoms with Crippen LogP contribution in [0.4, 0.5) is 8.78 Å². The van der Waals surface area contributed by atoms with Crippen molar-refractivity contribution in [2.24, 2.45) is 0 Å². The second kappa shape index (κ2) is 8.29. The highest BCUT2D eigenvalue weighted by Crippen LogP contribution is 2.20. The van der Waals surface area contributed by atoms with Crippen LogP contribution in [-0.4, -0.2) is 29.9 Å². The number of rotatable bonds is 9. The topological polar surface area (TPSA) is 41.5 Å². The summed E-state index contributed by atoms with van der Waals surface area (Å²) in [4.78, 5) is 0. The van der Waals surface area contributed by atoms with E-state index in [1.54, 1.807) is 0 Å². The van der Waals surface area contributed by atoms with Crippen molar-refractivity contribution in [2.75, 3.05) is 13.2 Å². The summed E-state index contributed by atoms with van der Waals surface area (Å²) in [6.07, 6.45) is 2.33. The van der Waals surface area contributed by atoms with Crippen LogP contribution in [0.1, 0.15) is 40.0 Å². The van der Waals surface area contributed by atoms with E-state index in [0.29, 0.717) is 19.1 Å². The summed E-state index contributed by atoms with van der Waals surface area (Å²) in [6.45, 7) is 6.42. The molecule has 1 rings (SSSR count). The van der Waals surface area contributed by atoms with Crippen molar-refractivity contribution in [3.63, 3.8) is 0 Å². The molecular formula is C16H25F2NO2. The van der Waals surface area contributed by atoms with Crippen molar-refractivity contribution in [2.45, 2.75) is 51.6 Å². The van der Waals surface area contributed by atoms with Gasteiger partial charge in [0.1, 0.15) is 0 Å². The van der Waals surface area contributed by atoms with Crippen LogP contribution in [0.15, 0.2) is 18.2 Å². The first-order valence-corrected chi connectivity index (χ1v) is 7.33. The Labute approximate surface area is 125 Å². The Balaban J connectivity index is 2.32. The van der Waals surface area contributed by atoms with Gasteiger partial charge in [-0.3, -0.25) is 0 Å². The SMILES string of the molecule is CC(C)NC(C)(CO)CCCCOc1cccc(F)c1F. The Morgan fingerprint density at radius 1 is 1.29 bits per heavy atom. The standard InChI is InChI=1S/C16H25F2NO2/c1-12(2)19-16(3,11-20)9-4-5-10-21-14-8-6-7-13(17)15(14)18/h6-8,12,19-20H,4-5,9-11H2,1-3H3. The molecule has 0 amide bonds. The minimum Gasteiger partial charge on any atom is -0.490 e. The second-order valence-electron chi connectivity index (χ2n) is 5.88. The molecule has 0 fully saturated rings. The molecule has 1 atom stereocenters. The van der Waals surface area contributed by atoms with Crippen molar-refractivity contribution in [1.29, 1.82) is 0 Å². The van der Waals surface area contributed by atoms with Crippen LogP contribution in [0.5, 0.6) is 5.75 Å². The molecule has 0 saturated heterocycles. The summed E-state index contributed by atoms with van der Waals surface area (Å²) < 4.78 is 31.6. The first-order valence-electron chi connectivity index (χ1n) is 7.33. The van der Waals surface area contributed by atoms with Gasteiger partial charge in [0.25, 0.3) is 0 Å². The molecule has 5 heteroatoms. The van der Waals surface area contributed by atoms with E-state index in [0.717, 1.165) is 18.9 Å². The van der Waals surface area contributed by atoms with E-state index in [2.05, 4.69) is 5.32 Å². The summed E-state index contributed by atoms with van der Waals surface area (Å²) >= 11 is 0. The van der Waals surface area contributed by atoms with Gasteiger partial charge in [-0.25, -0.2) is 4.39 Å². The minimum atomic E-state index is -0.945. The summed E-state index contributed by atoms with van der Waals surface area (Å²) in [5.74, 6) is -1.90. The molecule has 21 heavy (non-hydrogen) atoms. The zero-order valence-electron chi connectivity index (χ0n) is 13.0. The Kier molecular flexibility index (Phi) is 7.05. The fraction of sp³-hybridized carbons (Fsp3) is 0.625. The minimum absolute atomic E-state index is 0.0553. The molecule has 3 nitrogen and oxygen atoms in total. The van der Waals surface area contributed by atoms with E-state index in [1.165, 1.54) is 12.1 Å². The normalized spacial score (nSPS) is 14.2. The molecule has 0 spiro atoms. The highest BCUT2D eigenvalue weighted by atomic mass is 19.2. The smallest absolute Gasteiger partial charge is 0.200 e. The number of benzene rings is 1. The van der Waals surface area contributed by atoms with Crippen molar-refractivity contribution in [1.82, 2.24) is 5.32 Å². The second-order valence-corrected chi connectivity index (χ2v) is 5.88. The van der Waals surface area contributed by atoms with E-state index in [9.17, 15) is 13.9 Å². The average molecular weight is 301 g/mol. The number of nitrogens with one attached hydrogen (secondary N) is 1. The van der Waals surface area contributed by atoms with E-state index in [1.807, 2.05) is 20.8 Å². The van der Waals surface area contributed by atoms with Gasteiger partial charge in [-0.15, -0.1) is 0 Å². The van der Waals surface area contributed by atoms with Crippen LogP contribution < -0.4 is 10.1 Å². The molecule has 2 N–H and O–H groups in total. The molecule has 0 heterocycles. The Bertz CT molecular complexity index is 440. The van der Waals surface area contributed by atoms with Crippen molar-refractivity contribution >= 4 is 0 Å². The predicted octanol–water partition coefficient (Wildman–Crippen LogP) is 3.26. The van der Waals surface area contributed by atoms with Gasteiger partial charge in [-0.2, -0.15) is 4.39 Å². The molecule has 0 aromatic heterocycles. The van der Waals surface area contributed by atoms with Gasteiger partial charge in [0, 0.05) is 11.6 Å². The quantitative estimate of drug-likeness (QED) is 0.688. The van der Waals surface area contributed by atoms with E-state index in [4.69, 9.17) is 4.74 Å². The molecule has 0 aliphatic heterocycles. The van der Waals surface area contributed by atoms with E-state index in [-0.39, 0.29) is 17.9 Å². The fourth-order valence-electron chi connectivity index (χ4n) is 2.29. The summed E-state index contributed by atoms with van der Waals surface area (Å²) in [7, 11) is 0. The highest BCUT2D eigenvalue weighted by Gasteiger charge is 2.23. The lowest BCUT2D eigenvalue weighted by Crippen LogP contribution is -2.49. The molecule has 0 radical (unpaired) electrons. The Hall–Kier alpha value is -1.20. The molecule has 1 aromatic rings. The van der Waals surface area contributed by atoms with Crippen molar-refractivity contribution in [3.8, 4) is 5.75 Å². The maximum atomic E-state index is 13.4. The van der Waals surface area contributed by atoms with Gasteiger partial charge in [0.15, 0.2) is 11.6 Å². The zero-order valence-corrected chi connectivity index (χ0v) is 13.0. The zero-order chi connectivity index (χ0) is 15.9. The van der Waals surface area contributed by atoms with Crippen molar-refractivity contribution < 1.29 is 18.6 Å². The summed E-state index contributed by atoms with van der Waals surface area (Å²) in [6, 6.07) is 4.19. The largest absolute Gasteiger partial charge is 0.490 e. The molecule has 0 saturated carbocycles. The molecule has 1 aromatic carbocycles. The van der Waals surface area contributed by atoms with Crippen LogP contribution in [0, 0.1) is 11.6 Å². The van der Waals surface area contributed by atoms with Gasteiger partial charge < -0.3 is 15.2 Å². The van der Waals surface area contributed by atoms with E-state index >= 15 is 0 Å². The highest BCUT2D eigenvalue weighted by molar-refractivity contribution is 5.24. The van der Waals surface area contributed by atoms with Crippen LogP contribution in [0.3, 0.4) is 0 Å². The molecule has 1 unspecified atom stereocenters. The van der Waals surface area contributed by atoms with Gasteiger partial charge >= 0.3 is 0 Å². The monoisotopic (exact) mass is 301 g/mol. The number of ether oxygens (including phenoxy) is 1. The molecule has 120 valence electrons. The average Bonchev–Trinajstić information content (AvgIpc) is 2.42. The lowest BCUT2D eigenvalue weighted by atomic mass is 9.95. The summed E-state index contributed by atoms with van der Waals surface area (Å²) in [5, 5.41) is 12.8. The predicted molar refractivity (Wildman–Crippen MR) is 79.5 cm³/mol. The molecule has 0 bridgehead atoms. The Morgan fingerprint density at radius 3 is 2.62 bits per heavy atom. The number of halogens is 2. The maximum Gasteiger partial charge on any atom is 0.200 e. The van der Waals surface area contributed by atoms with Gasteiger partial charge in [0.2, 0.25) is 5.82 Å². The lowest BCUT2D eigenvalue weighted by molar-refractivity contribution is 0.151. The third kappa shape index (κ3) is 5.98. The number of unbranched alkanes of at least 4 members (excludes halogenated alkanes) is 1. The first kappa shape index (κ1) is 17.9. The van der Waals surface area contributed by atoms with Crippen LogP contribution in [0.2, 0.25) is 0 Å². The maximum absolute atomic E-state index is 13.4. The van der Waals surface area contributed by atoms with Crippen LogP contribution in [-0.2, 0) is 0 Å². The Morgan fingerprint density at radius 2 is 2.00 bits per heavy atom. The van der Waals surface area contributed by atoms with Gasteiger partial charge in [-0.1, -0.05) is 19.9 Å². The number of hydrogen-bond donors (Lipinski definition) is 2. The molecular weight excluding hydrogens is 276 g/mol. The third-order valence-electron chi connectivity index (χ3n) is 3.28. The van der Waals surface area contributed by atoms with Crippen LogP contribution >= 0.6 is 0 Å². The molecule has 0 aliphatic rings. The summed E-state index contributed by atoms with van der Waals surface area (Å²) in [5.41, 5.74) is -0.321. The molecule has 0 aliphatic carbocycles. The van der Waals surface area contributed by atoms with Gasteiger partial charge in [-0.05, 0) is 38.3 Å². The number of aliphatic hydroxyl groups excluding tert-OH is 1. The first-order chi connectivity index (χ1) is 9.88. The number of aliphatic hydroxyl groups is 1. The lowest BCUT2D eigenvalue weighted by Gasteiger charge is -2.31. The number of hydrogen-bond acceptors (Lipinski definition) is 3.